The first-order valence-electron chi connectivity index (χ1n) is 6.38. The first kappa shape index (κ1) is 14.5. The highest BCUT2D eigenvalue weighted by Crippen LogP contribution is 2.25. The topological polar surface area (TPSA) is 81.9 Å². The van der Waals surface area contributed by atoms with Crippen LogP contribution in [-0.2, 0) is 20.9 Å². The summed E-state index contributed by atoms with van der Waals surface area (Å²) in [6.45, 7) is 3.04. The Morgan fingerprint density at radius 3 is 2.85 bits per heavy atom. The highest BCUT2D eigenvalue weighted by molar-refractivity contribution is 5.93. The van der Waals surface area contributed by atoms with Gasteiger partial charge in [0.1, 0.15) is 6.61 Å². The van der Waals surface area contributed by atoms with Gasteiger partial charge in [0.25, 0.3) is 5.91 Å². The molecular formula is C13H18N2O5. The van der Waals surface area contributed by atoms with Gasteiger partial charge in [-0.3, -0.25) is 9.59 Å². The largest absolute Gasteiger partial charge is 0.469 e. The van der Waals surface area contributed by atoms with E-state index in [-0.39, 0.29) is 36.0 Å². The quantitative estimate of drug-likeness (QED) is 0.756. The molecule has 0 bridgehead atoms. The van der Waals surface area contributed by atoms with Gasteiger partial charge >= 0.3 is 5.97 Å². The summed E-state index contributed by atoms with van der Waals surface area (Å²) in [6.07, 6.45) is 0. The fraction of sp³-hybridized carbons (Fsp3) is 0.615. The summed E-state index contributed by atoms with van der Waals surface area (Å²) >= 11 is 0. The van der Waals surface area contributed by atoms with Crippen molar-refractivity contribution >= 4 is 11.9 Å². The number of rotatable bonds is 4. The molecule has 1 aromatic rings. The molecule has 0 aromatic carbocycles. The van der Waals surface area contributed by atoms with Crippen molar-refractivity contribution in [2.24, 2.45) is 11.8 Å². The summed E-state index contributed by atoms with van der Waals surface area (Å²) in [5.41, 5.74) is 0.231. The number of esters is 1. The molecule has 0 aliphatic carbocycles. The van der Waals surface area contributed by atoms with Crippen LogP contribution in [0.5, 0.6) is 0 Å². The fourth-order valence-electron chi connectivity index (χ4n) is 2.38. The molecule has 0 saturated carbocycles. The maximum atomic E-state index is 12.3. The Hall–Kier alpha value is -1.89. The van der Waals surface area contributed by atoms with Crippen molar-refractivity contribution in [2.45, 2.75) is 13.5 Å². The molecule has 0 radical (unpaired) electrons. The molecule has 2 heterocycles. The third kappa shape index (κ3) is 2.82. The minimum absolute atomic E-state index is 0.0664. The Bertz CT molecular complexity index is 499. The SMILES string of the molecule is COCc1cc(C(=O)N2CC(C)C(C(=O)OC)C2)no1. The number of aromatic nitrogens is 1. The van der Waals surface area contributed by atoms with Crippen LogP contribution < -0.4 is 0 Å². The van der Waals surface area contributed by atoms with Gasteiger partial charge in [0.05, 0.1) is 13.0 Å². The van der Waals surface area contributed by atoms with Gasteiger partial charge in [0.15, 0.2) is 11.5 Å². The van der Waals surface area contributed by atoms with Crippen LogP contribution in [0.2, 0.25) is 0 Å². The Kier molecular flexibility index (Phi) is 4.39. The number of amides is 1. The zero-order valence-corrected chi connectivity index (χ0v) is 11.8. The van der Waals surface area contributed by atoms with Crippen LogP contribution in [0.3, 0.4) is 0 Å². The van der Waals surface area contributed by atoms with Crippen molar-refractivity contribution in [2.75, 3.05) is 27.3 Å². The van der Waals surface area contributed by atoms with Crippen molar-refractivity contribution in [3.8, 4) is 0 Å². The highest BCUT2D eigenvalue weighted by Gasteiger charge is 2.38. The Balaban J connectivity index is 2.04. The standard InChI is InChI=1S/C13H18N2O5/c1-8-5-15(6-10(8)13(17)19-3)12(16)11-4-9(7-18-2)20-14-11/h4,8,10H,5-7H2,1-3H3. The van der Waals surface area contributed by atoms with Gasteiger partial charge in [-0.25, -0.2) is 0 Å². The summed E-state index contributed by atoms with van der Waals surface area (Å²) in [5, 5.41) is 3.73. The summed E-state index contributed by atoms with van der Waals surface area (Å²) in [5.74, 6) is -0.249. The van der Waals surface area contributed by atoms with Gasteiger partial charge in [-0.15, -0.1) is 0 Å². The predicted molar refractivity (Wildman–Crippen MR) is 67.8 cm³/mol. The van der Waals surface area contributed by atoms with E-state index in [0.717, 1.165) is 0 Å². The number of carbonyl (C=O) groups excluding carboxylic acids is 2. The van der Waals surface area contributed by atoms with E-state index in [1.807, 2.05) is 6.92 Å². The number of ether oxygens (including phenoxy) is 2. The molecule has 7 nitrogen and oxygen atoms in total. The number of nitrogens with zero attached hydrogens (tertiary/aromatic N) is 2. The number of carbonyl (C=O) groups is 2. The molecule has 1 aliphatic heterocycles. The molecule has 0 spiro atoms. The molecule has 110 valence electrons. The van der Waals surface area contributed by atoms with Gasteiger partial charge in [-0.2, -0.15) is 0 Å². The Morgan fingerprint density at radius 1 is 1.45 bits per heavy atom. The van der Waals surface area contributed by atoms with Crippen LogP contribution in [0.15, 0.2) is 10.6 Å². The highest BCUT2D eigenvalue weighted by atomic mass is 16.5. The minimum Gasteiger partial charge on any atom is -0.469 e. The summed E-state index contributed by atoms with van der Waals surface area (Å²) in [7, 11) is 2.89. The summed E-state index contributed by atoms with van der Waals surface area (Å²) in [6, 6.07) is 1.56. The van der Waals surface area contributed by atoms with Crippen LogP contribution in [0, 0.1) is 11.8 Å². The molecule has 2 atom stereocenters. The molecule has 2 unspecified atom stereocenters. The Labute approximate surface area is 116 Å². The van der Waals surface area contributed by atoms with E-state index in [1.165, 1.54) is 14.2 Å². The van der Waals surface area contributed by atoms with Crippen molar-refractivity contribution in [1.29, 1.82) is 0 Å². The van der Waals surface area contributed by atoms with Gasteiger partial charge in [0.2, 0.25) is 0 Å². The molecule has 20 heavy (non-hydrogen) atoms. The van der Waals surface area contributed by atoms with E-state index in [4.69, 9.17) is 14.0 Å². The fourth-order valence-corrected chi connectivity index (χ4v) is 2.38. The molecule has 1 fully saturated rings. The van der Waals surface area contributed by atoms with Crippen molar-refractivity contribution < 1.29 is 23.6 Å². The van der Waals surface area contributed by atoms with Crippen molar-refractivity contribution in [3.63, 3.8) is 0 Å². The van der Waals surface area contributed by atoms with E-state index in [2.05, 4.69) is 5.16 Å². The second-order valence-electron chi connectivity index (χ2n) is 4.93. The number of hydrogen-bond acceptors (Lipinski definition) is 6. The zero-order valence-electron chi connectivity index (χ0n) is 11.8. The smallest absolute Gasteiger partial charge is 0.310 e. The van der Waals surface area contributed by atoms with Crippen LogP contribution in [0.1, 0.15) is 23.2 Å². The molecule has 1 aromatic heterocycles. The molecule has 7 heteroatoms. The van der Waals surface area contributed by atoms with Crippen LogP contribution in [0.4, 0.5) is 0 Å². The predicted octanol–water partition coefficient (Wildman–Crippen LogP) is 0.702. The van der Waals surface area contributed by atoms with Crippen LogP contribution in [-0.4, -0.2) is 49.2 Å². The number of methoxy groups -OCH3 is 2. The van der Waals surface area contributed by atoms with Gasteiger partial charge < -0.3 is 18.9 Å². The molecule has 1 amide bonds. The second-order valence-corrected chi connectivity index (χ2v) is 4.93. The second kappa shape index (κ2) is 6.04. The van der Waals surface area contributed by atoms with E-state index in [1.54, 1.807) is 11.0 Å². The number of likely N-dealkylation sites (tertiary alicyclic amines) is 1. The van der Waals surface area contributed by atoms with Gasteiger partial charge in [-0.05, 0) is 5.92 Å². The molecule has 0 N–H and O–H groups in total. The first-order valence-corrected chi connectivity index (χ1v) is 6.38. The minimum atomic E-state index is -0.284. The van der Waals surface area contributed by atoms with E-state index >= 15 is 0 Å². The number of hydrogen-bond donors (Lipinski definition) is 0. The first-order chi connectivity index (χ1) is 9.56. The average Bonchev–Trinajstić information content (AvgIpc) is 3.04. The van der Waals surface area contributed by atoms with E-state index in [9.17, 15) is 9.59 Å². The molecular weight excluding hydrogens is 264 g/mol. The van der Waals surface area contributed by atoms with Crippen LogP contribution >= 0.6 is 0 Å². The lowest BCUT2D eigenvalue weighted by atomic mass is 9.99. The normalized spacial score (nSPS) is 22.1. The third-order valence-electron chi connectivity index (χ3n) is 3.47. The maximum Gasteiger partial charge on any atom is 0.310 e. The molecule has 1 saturated heterocycles. The van der Waals surface area contributed by atoms with Crippen LogP contribution in [0.25, 0.3) is 0 Å². The van der Waals surface area contributed by atoms with E-state index in [0.29, 0.717) is 18.8 Å². The van der Waals surface area contributed by atoms with Gasteiger partial charge in [0, 0.05) is 26.3 Å². The lowest BCUT2D eigenvalue weighted by Crippen LogP contribution is -2.30. The molecule has 1 aliphatic rings. The third-order valence-corrected chi connectivity index (χ3v) is 3.47. The average molecular weight is 282 g/mol. The zero-order chi connectivity index (χ0) is 14.7. The maximum absolute atomic E-state index is 12.3. The Morgan fingerprint density at radius 2 is 2.20 bits per heavy atom. The summed E-state index contributed by atoms with van der Waals surface area (Å²) in [4.78, 5) is 25.5. The monoisotopic (exact) mass is 282 g/mol. The lowest BCUT2D eigenvalue weighted by molar-refractivity contribution is -0.146. The van der Waals surface area contributed by atoms with Gasteiger partial charge in [-0.1, -0.05) is 12.1 Å². The van der Waals surface area contributed by atoms with Crippen molar-refractivity contribution in [1.82, 2.24) is 10.1 Å². The lowest BCUT2D eigenvalue weighted by Gasteiger charge is -2.13. The van der Waals surface area contributed by atoms with E-state index < -0.39 is 0 Å². The summed E-state index contributed by atoms with van der Waals surface area (Å²) < 4.78 is 14.6. The molecule has 2 rings (SSSR count). The van der Waals surface area contributed by atoms with Crippen molar-refractivity contribution in [3.05, 3.63) is 17.5 Å².